The van der Waals surface area contributed by atoms with Gasteiger partial charge < -0.3 is 5.32 Å². The number of halogens is 3. The predicted molar refractivity (Wildman–Crippen MR) is 118 cm³/mol. The van der Waals surface area contributed by atoms with Gasteiger partial charge in [-0.05, 0) is 54.8 Å². The van der Waals surface area contributed by atoms with E-state index < -0.39 is 33.7 Å². The smallest absolute Gasteiger partial charge is 0.325 e. The Bertz CT molecular complexity index is 1290. The lowest BCUT2D eigenvalue weighted by molar-refractivity contribution is -0.137. The number of fused-ring (bicyclic) bond motifs is 1. The van der Waals surface area contributed by atoms with Crippen molar-refractivity contribution in [3.05, 3.63) is 95.1 Å². The molecule has 0 aromatic heterocycles. The second kappa shape index (κ2) is 8.64. The normalized spacial score (nSPS) is 16.8. The second-order valence-electron chi connectivity index (χ2n) is 7.92. The minimum atomic E-state index is -4.56. The summed E-state index contributed by atoms with van der Waals surface area (Å²) in [4.78, 5) is 13.2. The molecule has 0 fully saturated rings. The van der Waals surface area contributed by atoms with Crippen molar-refractivity contribution in [2.75, 3.05) is 5.32 Å². The Morgan fingerprint density at radius 2 is 1.64 bits per heavy atom. The SMILES string of the molecule is Cc1ccc(S(=O)(=O)N2Cc3ccccc3C[C@H]2C(=O)Nc2cccc(C(F)(F)F)c2)cc1. The maximum absolute atomic E-state index is 13.5. The van der Waals surface area contributed by atoms with E-state index in [9.17, 15) is 26.4 Å². The van der Waals surface area contributed by atoms with Crippen LogP contribution in [0.4, 0.5) is 18.9 Å². The van der Waals surface area contributed by atoms with Crippen molar-refractivity contribution in [2.45, 2.75) is 37.0 Å². The quantitative estimate of drug-likeness (QED) is 0.593. The zero-order valence-electron chi connectivity index (χ0n) is 17.6. The summed E-state index contributed by atoms with van der Waals surface area (Å²) < 4.78 is 67.2. The molecule has 0 aliphatic carbocycles. The number of amides is 1. The zero-order valence-corrected chi connectivity index (χ0v) is 18.5. The fourth-order valence-electron chi connectivity index (χ4n) is 3.82. The van der Waals surface area contributed by atoms with E-state index >= 15 is 0 Å². The van der Waals surface area contributed by atoms with Gasteiger partial charge in [0.25, 0.3) is 0 Å². The van der Waals surface area contributed by atoms with E-state index in [2.05, 4.69) is 5.32 Å². The number of sulfonamides is 1. The number of aryl methyl sites for hydroxylation is 1. The molecule has 0 unspecified atom stereocenters. The number of nitrogens with zero attached hydrogens (tertiary/aromatic N) is 1. The number of rotatable bonds is 4. The molecular formula is C24H21F3N2O3S. The Hall–Kier alpha value is -3.17. The van der Waals surface area contributed by atoms with Crippen molar-refractivity contribution >= 4 is 21.6 Å². The summed E-state index contributed by atoms with van der Waals surface area (Å²) in [6.07, 6.45) is -4.46. The monoisotopic (exact) mass is 474 g/mol. The Balaban J connectivity index is 1.69. The molecule has 0 bridgehead atoms. The van der Waals surface area contributed by atoms with E-state index in [0.29, 0.717) is 0 Å². The first-order valence-electron chi connectivity index (χ1n) is 10.2. The molecule has 3 aromatic carbocycles. The van der Waals surface area contributed by atoms with Gasteiger partial charge in [0.15, 0.2) is 0 Å². The third kappa shape index (κ3) is 4.79. The number of hydrogen-bond donors (Lipinski definition) is 1. The van der Waals surface area contributed by atoms with Crippen LogP contribution in [0, 0.1) is 6.92 Å². The van der Waals surface area contributed by atoms with Gasteiger partial charge in [0.2, 0.25) is 15.9 Å². The van der Waals surface area contributed by atoms with Crippen molar-refractivity contribution in [1.82, 2.24) is 4.31 Å². The van der Waals surface area contributed by atoms with E-state index in [4.69, 9.17) is 0 Å². The van der Waals surface area contributed by atoms with E-state index in [-0.39, 0.29) is 23.5 Å². The summed E-state index contributed by atoms with van der Waals surface area (Å²) in [6.45, 7) is 1.81. The maximum Gasteiger partial charge on any atom is 0.416 e. The number of anilines is 1. The molecule has 1 aliphatic heterocycles. The molecule has 0 saturated heterocycles. The van der Waals surface area contributed by atoms with Gasteiger partial charge in [0.05, 0.1) is 10.5 Å². The van der Waals surface area contributed by atoms with Crippen LogP contribution < -0.4 is 5.32 Å². The summed E-state index contributed by atoms with van der Waals surface area (Å²) in [7, 11) is -4.05. The number of nitrogens with one attached hydrogen (secondary N) is 1. The van der Waals surface area contributed by atoms with Crippen LogP contribution in [0.3, 0.4) is 0 Å². The number of alkyl halides is 3. The number of carbonyl (C=O) groups excluding carboxylic acids is 1. The molecule has 9 heteroatoms. The molecule has 1 amide bonds. The van der Waals surface area contributed by atoms with Crippen LogP contribution in [0.2, 0.25) is 0 Å². The minimum Gasteiger partial charge on any atom is -0.325 e. The third-order valence-corrected chi connectivity index (χ3v) is 7.46. The number of benzene rings is 3. The Morgan fingerprint density at radius 1 is 0.970 bits per heavy atom. The Morgan fingerprint density at radius 3 is 2.30 bits per heavy atom. The van der Waals surface area contributed by atoms with Crippen LogP contribution >= 0.6 is 0 Å². The van der Waals surface area contributed by atoms with E-state index in [1.165, 1.54) is 24.3 Å². The lowest BCUT2D eigenvalue weighted by atomic mass is 9.95. The van der Waals surface area contributed by atoms with E-state index in [1.54, 1.807) is 30.3 Å². The second-order valence-corrected chi connectivity index (χ2v) is 9.81. The summed E-state index contributed by atoms with van der Waals surface area (Å²) in [5.74, 6) is -0.695. The molecule has 4 rings (SSSR count). The van der Waals surface area contributed by atoms with Gasteiger partial charge in [-0.1, -0.05) is 48.0 Å². The predicted octanol–water partition coefficient (Wildman–Crippen LogP) is 4.77. The van der Waals surface area contributed by atoms with Crippen molar-refractivity contribution < 1.29 is 26.4 Å². The summed E-state index contributed by atoms with van der Waals surface area (Å²) in [5, 5.41) is 2.47. The van der Waals surface area contributed by atoms with Gasteiger partial charge >= 0.3 is 6.18 Å². The van der Waals surface area contributed by atoms with Crippen LogP contribution in [0.15, 0.2) is 77.7 Å². The van der Waals surface area contributed by atoms with Gasteiger partial charge in [0.1, 0.15) is 6.04 Å². The first kappa shape index (κ1) is 23.0. The van der Waals surface area contributed by atoms with E-state index in [0.717, 1.165) is 33.1 Å². The molecule has 5 nitrogen and oxygen atoms in total. The fraction of sp³-hybridized carbons (Fsp3) is 0.208. The molecule has 33 heavy (non-hydrogen) atoms. The Kier molecular flexibility index (Phi) is 6.02. The Labute approximate surface area is 189 Å². The lowest BCUT2D eigenvalue weighted by Gasteiger charge is -2.35. The van der Waals surface area contributed by atoms with Crippen molar-refractivity contribution in [3.63, 3.8) is 0 Å². The number of hydrogen-bond acceptors (Lipinski definition) is 3. The average Bonchev–Trinajstić information content (AvgIpc) is 2.78. The average molecular weight is 475 g/mol. The van der Waals surface area contributed by atoms with Gasteiger partial charge in [-0.15, -0.1) is 0 Å². The van der Waals surface area contributed by atoms with Crippen LogP contribution in [0.25, 0.3) is 0 Å². The largest absolute Gasteiger partial charge is 0.416 e. The highest BCUT2D eigenvalue weighted by Crippen LogP contribution is 2.32. The third-order valence-electron chi connectivity index (χ3n) is 5.59. The zero-order chi connectivity index (χ0) is 23.8. The van der Waals surface area contributed by atoms with Crippen molar-refractivity contribution in [1.29, 1.82) is 0 Å². The summed E-state index contributed by atoms with van der Waals surface area (Å²) >= 11 is 0. The molecule has 0 spiro atoms. The molecule has 1 heterocycles. The molecule has 1 N–H and O–H groups in total. The molecule has 172 valence electrons. The first-order valence-corrected chi connectivity index (χ1v) is 11.6. The topological polar surface area (TPSA) is 66.5 Å². The molecule has 1 atom stereocenters. The van der Waals surface area contributed by atoms with E-state index in [1.807, 2.05) is 13.0 Å². The van der Waals surface area contributed by atoms with Crippen molar-refractivity contribution in [3.8, 4) is 0 Å². The fourth-order valence-corrected chi connectivity index (χ4v) is 5.38. The standard InChI is InChI=1S/C24H21F3N2O3S/c1-16-9-11-21(12-10-16)33(31,32)29-15-18-6-3-2-5-17(18)13-22(29)23(30)28-20-8-4-7-19(14-20)24(25,26)27/h2-12,14,22H,13,15H2,1H3,(H,28,30)/t22-/m0/s1. The van der Waals surface area contributed by atoms with Crippen LogP contribution in [-0.2, 0) is 34.0 Å². The van der Waals surface area contributed by atoms with Gasteiger partial charge in [-0.3, -0.25) is 4.79 Å². The molecular weight excluding hydrogens is 453 g/mol. The van der Waals surface area contributed by atoms with Gasteiger partial charge in [-0.2, -0.15) is 17.5 Å². The molecule has 1 aliphatic rings. The highest BCUT2D eigenvalue weighted by atomic mass is 32.2. The maximum atomic E-state index is 13.5. The first-order chi connectivity index (χ1) is 15.6. The van der Waals surface area contributed by atoms with Gasteiger partial charge in [-0.25, -0.2) is 8.42 Å². The van der Waals surface area contributed by atoms with Crippen LogP contribution in [0.1, 0.15) is 22.3 Å². The molecule has 3 aromatic rings. The summed E-state index contributed by atoms with van der Waals surface area (Å²) in [6, 6.07) is 16.6. The molecule has 0 saturated carbocycles. The lowest BCUT2D eigenvalue weighted by Crippen LogP contribution is -2.50. The van der Waals surface area contributed by atoms with Crippen LogP contribution in [0.5, 0.6) is 0 Å². The highest BCUT2D eigenvalue weighted by Gasteiger charge is 2.40. The van der Waals surface area contributed by atoms with Crippen molar-refractivity contribution in [2.24, 2.45) is 0 Å². The highest BCUT2D eigenvalue weighted by molar-refractivity contribution is 7.89. The number of carbonyl (C=O) groups is 1. The molecule has 0 radical (unpaired) electrons. The van der Waals surface area contributed by atoms with Gasteiger partial charge in [0, 0.05) is 12.2 Å². The minimum absolute atomic E-state index is 0.0208. The van der Waals surface area contributed by atoms with Crippen LogP contribution in [-0.4, -0.2) is 24.7 Å². The summed E-state index contributed by atoms with van der Waals surface area (Å²) in [5.41, 5.74) is 1.52.